The highest BCUT2D eigenvalue weighted by Crippen LogP contribution is 2.33. The summed E-state index contributed by atoms with van der Waals surface area (Å²) in [5, 5.41) is 0. The third-order valence-corrected chi connectivity index (χ3v) is 6.27. The molecule has 0 aliphatic heterocycles. The van der Waals surface area contributed by atoms with Crippen molar-refractivity contribution in [2.24, 2.45) is 0 Å². The molecule has 1 atom stereocenters. The smallest absolute Gasteiger partial charge is 0.348 e. The maximum absolute atomic E-state index is 12.5. The van der Waals surface area contributed by atoms with Crippen LogP contribution in [0.15, 0.2) is 4.21 Å². The average molecular weight is 365 g/mol. The summed E-state index contributed by atoms with van der Waals surface area (Å²) < 4.78 is 41.3. The summed E-state index contributed by atoms with van der Waals surface area (Å²) in [6.07, 6.45) is 0. The SMILES string of the molecule is COC[C@H](C)NS(=O)(=O)c1sc(C(=O)OC)c(C)c1C(=O)OC. The van der Waals surface area contributed by atoms with Crippen LogP contribution in [0.25, 0.3) is 0 Å². The van der Waals surface area contributed by atoms with Crippen molar-refractivity contribution in [1.82, 2.24) is 4.72 Å². The van der Waals surface area contributed by atoms with Gasteiger partial charge in [0.2, 0.25) is 0 Å². The first-order chi connectivity index (χ1) is 10.7. The monoisotopic (exact) mass is 365 g/mol. The summed E-state index contributed by atoms with van der Waals surface area (Å²) in [5.41, 5.74) is 0.0310. The molecule has 1 rings (SSSR count). The number of carbonyl (C=O) groups excluding carboxylic acids is 2. The minimum atomic E-state index is -4.03. The molecule has 130 valence electrons. The lowest BCUT2D eigenvalue weighted by Gasteiger charge is -2.13. The van der Waals surface area contributed by atoms with Crippen molar-refractivity contribution in [2.45, 2.75) is 24.1 Å². The van der Waals surface area contributed by atoms with Crippen LogP contribution in [0.1, 0.15) is 32.5 Å². The molecule has 0 amide bonds. The van der Waals surface area contributed by atoms with Crippen LogP contribution in [-0.4, -0.2) is 54.3 Å². The topological polar surface area (TPSA) is 108 Å². The van der Waals surface area contributed by atoms with E-state index in [1.54, 1.807) is 6.92 Å². The van der Waals surface area contributed by atoms with Gasteiger partial charge in [0.1, 0.15) is 4.88 Å². The number of sulfonamides is 1. The molecule has 0 unspecified atom stereocenters. The summed E-state index contributed by atoms with van der Waals surface area (Å²) in [6.45, 7) is 3.23. The summed E-state index contributed by atoms with van der Waals surface area (Å²) in [5.74, 6) is -1.56. The number of ether oxygens (including phenoxy) is 3. The number of methoxy groups -OCH3 is 3. The Morgan fingerprint density at radius 3 is 2.22 bits per heavy atom. The Bertz CT molecular complexity index is 693. The zero-order valence-corrected chi connectivity index (χ0v) is 15.1. The summed E-state index contributed by atoms with van der Waals surface area (Å²) in [7, 11) is -0.285. The predicted octanol–water partition coefficient (Wildman–Crippen LogP) is 0.943. The van der Waals surface area contributed by atoms with Crippen molar-refractivity contribution < 1.29 is 32.2 Å². The highest BCUT2D eigenvalue weighted by molar-refractivity contribution is 7.91. The van der Waals surface area contributed by atoms with Crippen molar-refractivity contribution in [2.75, 3.05) is 27.9 Å². The van der Waals surface area contributed by atoms with E-state index in [9.17, 15) is 18.0 Å². The minimum absolute atomic E-state index is 0.0349. The molecule has 0 saturated carbocycles. The second-order valence-corrected chi connectivity index (χ2v) is 7.61. The number of hydrogen-bond donors (Lipinski definition) is 1. The van der Waals surface area contributed by atoms with Crippen LogP contribution in [-0.2, 0) is 24.2 Å². The molecule has 0 radical (unpaired) electrons. The first-order valence-electron chi connectivity index (χ1n) is 6.50. The van der Waals surface area contributed by atoms with Crippen LogP contribution in [0.5, 0.6) is 0 Å². The largest absolute Gasteiger partial charge is 0.465 e. The first kappa shape index (κ1) is 19.6. The van der Waals surface area contributed by atoms with Gasteiger partial charge in [-0.1, -0.05) is 0 Å². The molecule has 0 aliphatic rings. The highest BCUT2D eigenvalue weighted by atomic mass is 32.2. The van der Waals surface area contributed by atoms with Gasteiger partial charge >= 0.3 is 11.9 Å². The van der Waals surface area contributed by atoms with E-state index in [0.29, 0.717) is 11.3 Å². The van der Waals surface area contributed by atoms with Gasteiger partial charge in [-0.15, -0.1) is 11.3 Å². The van der Waals surface area contributed by atoms with E-state index in [-0.39, 0.29) is 26.8 Å². The number of esters is 2. The standard InChI is InChI=1S/C13H19NO7S2/c1-7(6-19-3)14-23(17,18)13-9(11(15)20-4)8(2)10(22-13)12(16)21-5/h7,14H,6H2,1-5H3/t7-/m0/s1. The molecule has 0 aliphatic carbocycles. The zero-order valence-electron chi connectivity index (χ0n) is 13.5. The molecule has 10 heteroatoms. The Morgan fingerprint density at radius 1 is 1.17 bits per heavy atom. The lowest BCUT2D eigenvalue weighted by molar-refractivity contribution is 0.0596. The minimum Gasteiger partial charge on any atom is -0.465 e. The lowest BCUT2D eigenvalue weighted by Crippen LogP contribution is -2.35. The summed E-state index contributed by atoms with van der Waals surface area (Å²) in [4.78, 5) is 23.8. The number of thiophene rings is 1. The third kappa shape index (κ3) is 4.28. The quantitative estimate of drug-likeness (QED) is 0.717. The molecule has 0 spiro atoms. The fourth-order valence-corrected chi connectivity index (χ4v) is 4.89. The normalized spacial score (nSPS) is 12.7. The molecule has 0 saturated heterocycles. The summed E-state index contributed by atoms with van der Waals surface area (Å²) >= 11 is 0.663. The zero-order chi connectivity index (χ0) is 17.8. The van der Waals surface area contributed by atoms with E-state index in [1.165, 1.54) is 21.1 Å². The Kier molecular flexibility index (Phi) is 6.69. The van der Waals surface area contributed by atoms with Crippen molar-refractivity contribution in [3.8, 4) is 0 Å². The maximum Gasteiger partial charge on any atom is 0.348 e. The number of hydrogen-bond acceptors (Lipinski definition) is 8. The lowest BCUT2D eigenvalue weighted by atomic mass is 10.2. The van der Waals surface area contributed by atoms with E-state index in [0.717, 1.165) is 7.11 Å². The Morgan fingerprint density at radius 2 is 1.74 bits per heavy atom. The molecular formula is C13H19NO7S2. The third-order valence-electron chi connectivity index (χ3n) is 2.89. The van der Waals surface area contributed by atoms with Gasteiger partial charge in [0.15, 0.2) is 4.21 Å². The second-order valence-electron chi connectivity index (χ2n) is 4.68. The van der Waals surface area contributed by atoms with Gasteiger partial charge in [-0.3, -0.25) is 0 Å². The van der Waals surface area contributed by atoms with Gasteiger partial charge in [0.05, 0.1) is 26.4 Å². The average Bonchev–Trinajstić information content (AvgIpc) is 2.83. The van der Waals surface area contributed by atoms with E-state index in [4.69, 9.17) is 4.74 Å². The van der Waals surface area contributed by atoms with Gasteiger partial charge in [-0.2, -0.15) is 0 Å². The van der Waals surface area contributed by atoms with Gasteiger partial charge < -0.3 is 14.2 Å². The molecule has 0 fully saturated rings. The molecule has 23 heavy (non-hydrogen) atoms. The Hall–Kier alpha value is -1.49. The maximum atomic E-state index is 12.5. The fourth-order valence-electron chi connectivity index (χ4n) is 1.90. The van der Waals surface area contributed by atoms with Gasteiger partial charge in [0, 0.05) is 13.2 Å². The molecule has 0 bridgehead atoms. The molecule has 8 nitrogen and oxygen atoms in total. The molecule has 1 aromatic heterocycles. The number of carbonyl (C=O) groups is 2. The van der Waals surface area contributed by atoms with E-state index >= 15 is 0 Å². The molecule has 1 N–H and O–H groups in total. The van der Waals surface area contributed by atoms with Crippen molar-refractivity contribution in [1.29, 1.82) is 0 Å². The van der Waals surface area contributed by atoms with E-state index < -0.39 is 28.0 Å². The van der Waals surface area contributed by atoms with Crippen LogP contribution in [0.4, 0.5) is 0 Å². The van der Waals surface area contributed by atoms with Crippen LogP contribution in [0, 0.1) is 6.92 Å². The number of nitrogens with one attached hydrogen (secondary N) is 1. The Labute approximate surface area is 138 Å². The predicted molar refractivity (Wildman–Crippen MR) is 83.4 cm³/mol. The molecule has 1 heterocycles. The summed E-state index contributed by atoms with van der Waals surface area (Å²) in [6, 6.07) is -0.514. The van der Waals surface area contributed by atoms with Gasteiger partial charge in [-0.05, 0) is 19.4 Å². The van der Waals surface area contributed by atoms with Crippen LogP contribution >= 0.6 is 11.3 Å². The van der Waals surface area contributed by atoms with Crippen molar-refractivity contribution in [3.05, 3.63) is 16.0 Å². The fraction of sp³-hybridized carbons (Fsp3) is 0.538. The first-order valence-corrected chi connectivity index (χ1v) is 8.80. The highest BCUT2D eigenvalue weighted by Gasteiger charge is 2.33. The molecule has 0 aromatic carbocycles. The number of rotatable bonds is 7. The van der Waals surface area contributed by atoms with Crippen LogP contribution in [0.3, 0.4) is 0 Å². The van der Waals surface area contributed by atoms with Crippen LogP contribution < -0.4 is 4.72 Å². The van der Waals surface area contributed by atoms with Crippen molar-refractivity contribution in [3.63, 3.8) is 0 Å². The molecule has 1 aromatic rings. The van der Waals surface area contributed by atoms with Gasteiger partial charge in [-0.25, -0.2) is 22.7 Å². The van der Waals surface area contributed by atoms with Gasteiger partial charge in [0.25, 0.3) is 10.0 Å². The van der Waals surface area contributed by atoms with Crippen molar-refractivity contribution >= 4 is 33.3 Å². The molecular weight excluding hydrogens is 346 g/mol. The Balaban J connectivity index is 3.44. The van der Waals surface area contributed by atoms with E-state index in [2.05, 4.69) is 14.2 Å². The second kappa shape index (κ2) is 7.86. The van der Waals surface area contributed by atoms with E-state index in [1.807, 2.05) is 0 Å². The van der Waals surface area contributed by atoms with Crippen LogP contribution in [0.2, 0.25) is 0 Å².